The number of rotatable bonds is 3. The molecule has 3 heterocycles. The lowest BCUT2D eigenvalue weighted by Crippen LogP contribution is -2.15. The summed E-state index contributed by atoms with van der Waals surface area (Å²) in [7, 11) is 0. The van der Waals surface area contributed by atoms with Crippen molar-refractivity contribution in [1.82, 2.24) is 9.38 Å². The number of imidazole rings is 1. The first kappa shape index (κ1) is 15.2. The van der Waals surface area contributed by atoms with Gasteiger partial charge >= 0.3 is 0 Å². The Morgan fingerprint density at radius 3 is 2.80 bits per heavy atom. The number of nitrogens with zero attached hydrogens (tertiary/aromatic N) is 2. The van der Waals surface area contributed by atoms with E-state index in [1.807, 2.05) is 68.6 Å². The normalized spacial score (nSPS) is 11.0. The van der Waals surface area contributed by atoms with E-state index in [4.69, 9.17) is 4.42 Å². The molecule has 0 aliphatic rings. The molecule has 1 N–H and O–H groups in total. The van der Waals surface area contributed by atoms with E-state index in [2.05, 4.69) is 10.3 Å². The summed E-state index contributed by atoms with van der Waals surface area (Å²) in [6.45, 7) is 3.87. The van der Waals surface area contributed by atoms with Crippen molar-refractivity contribution >= 4 is 17.2 Å². The van der Waals surface area contributed by atoms with Crippen molar-refractivity contribution in [3.05, 3.63) is 77.9 Å². The molecule has 0 bridgehead atoms. The SMILES string of the molecule is Cc1ccc(-c2ccc(C)c(NC(=O)c3cnc4ccccn34)c2)o1. The molecule has 0 unspecified atom stereocenters. The highest BCUT2D eigenvalue weighted by Crippen LogP contribution is 2.27. The fraction of sp³-hybridized carbons (Fsp3) is 0.100. The lowest BCUT2D eigenvalue weighted by molar-refractivity contribution is 0.102. The largest absolute Gasteiger partial charge is 0.461 e. The molecular weight excluding hydrogens is 314 g/mol. The molecule has 0 atom stereocenters. The Morgan fingerprint density at radius 2 is 2.00 bits per heavy atom. The summed E-state index contributed by atoms with van der Waals surface area (Å²) in [5.41, 5.74) is 3.89. The Morgan fingerprint density at radius 1 is 1.12 bits per heavy atom. The minimum absolute atomic E-state index is 0.199. The molecule has 4 rings (SSSR count). The van der Waals surface area contributed by atoms with E-state index in [9.17, 15) is 4.79 Å². The number of hydrogen-bond donors (Lipinski definition) is 1. The van der Waals surface area contributed by atoms with Gasteiger partial charge in [0.05, 0.1) is 6.20 Å². The molecule has 25 heavy (non-hydrogen) atoms. The Hall–Kier alpha value is -3.34. The van der Waals surface area contributed by atoms with Gasteiger partial charge in [-0.1, -0.05) is 18.2 Å². The Bertz CT molecular complexity index is 1080. The van der Waals surface area contributed by atoms with Gasteiger partial charge < -0.3 is 9.73 Å². The van der Waals surface area contributed by atoms with Gasteiger partial charge in [-0.2, -0.15) is 0 Å². The van der Waals surface area contributed by atoms with Crippen LogP contribution in [0.1, 0.15) is 21.8 Å². The smallest absolute Gasteiger partial charge is 0.274 e. The van der Waals surface area contributed by atoms with E-state index < -0.39 is 0 Å². The predicted octanol–water partition coefficient (Wildman–Crippen LogP) is 4.46. The van der Waals surface area contributed by atoms with Gasteiger partial charge in [0.2, 0.25) is 0 Å². The second kappa shape index (κ2) is 5.94. The van der Waals surface area contributed by atoms with Crippen LogP contribution < -0.4 is 5.32 Å². The first-order valence-corrected chi connectivity index (χ1v) is 8.03. The Labute approximate surface area is 144 Å². The topological polar surface area (TPSA) is 59.5 Å². The number of carbonyl (C=O) groups excluding carboxylic acids is 1. The number of carbonyl (C=O) groups is 1. The van der Waals surface area contributed by atoms with Gasteiger partial charge in [-0.3, -0.25) is 9.20 Å². The first-order valence-electron chi connectivity index (χ1n) is 8.03. The van der Waals surface area contributed by atoms with Crippen LogP contribution in [-0.4, -0.2) is 15.3 Å². The van der Waals surface area contributed by atoms with Crippen molar-refractivity contribution in [2.75, 3.05) is 5.32 Å². The number of hydrogen-bond acceptors (Lipinski definition) is 3. The Balaban J connectivity index is 1.67. The fourth-order valence-corrected chi connectivity index (χ4v) is 2.79. The summed E-state index contributed by atoms with van der Waals surface area (Å²) in [4.78, 5) is 17.0. The molecule has 1 aromatic carbocycles. The molecule has 4 aromatic rings. The molecule has 0 saturated carbocycles. The van der Waals surface area contributed by atoms with Gasteiger partial charge in [-0.25, -0.2) is 4.98 Å². The molecule has 0 spiro atoms. The molecule has 0 radical (unpaired) electrons. The van der Waals surface area contributed by atoms with Crippen LogP contribution in [0.2, 0.25) is 0 Å². The molecule has 5 heteroatoms. The lowest BCUT2D eigenvalue weighted by atomic mass is 10.1. The highest BCUT2D eigenvalue weighted by atomic mass is 16.3. The summed E-state index contributed by atoms with van der Waals surface area (Å²) in [6.07, 6.45) is 3.41. The molecule has 3 aromatic heterocycles. The van der Waals surface area contributed by atoms with Crippen molar-refractivity contribution in [2.24, 2.45) is 0 Å². The second-order valence-corrected chi connectivity index (χ2v) is 5.97. The van der Waals surface area contributed by atoms with Crippen molar-refractivity contribution in [2.45, 2.75) is 13.8 Å². The third-order valence-electron chi connectivity index (χ3n) is 4.16. The maximum Gasteiger partial charge on any atom is 0.274 e. The van der Waals surface area contributed by atoms with Gasteiger partial charge in [0, 0.05) is 17.4 Å². The monoisotopic (exact) mass is 331 g/mol. The van der Waals surface area contributed by atoms with E-state index in [0.717, 1.165) is 34.0 Å². The predicted molar refractivity (Wildman–Crippen MR) is 96.8 cm³/mol. The van der Waals surface area contributed by atoms with Gasteiger partial charge in [0.1, 0.15) is 22.9 Å². The summed E-state index contributed by atoms with van der Waals surface area (Å²) in [5, 5.41) is 2.98. The molecule has 1 amide bonds. The number of furan rings is 1. The molecule has 0 aliphatic heterocycles. The van der Waals surface area contributed by atoms with Gasteiger partial charge in [-0.15, -0.1) is 0 Å². The van der Waals surface area contributed by atoms with Crippen molar-refractivity contribution in [3.8, 4) is 11.3 Å². The van der Waals surface area contributed by atoms with E-state index in [1.165, 1.54) is 0 Å². The summed E-state index contributed by atoms with van der Waals surface area (Å²) < 4.78 is 7.44. The standard InChI is InChI=1S/C20H17N3O2/c1-13-6-8-15(18-9-7-14(2)25-18)11-16(13)22-20(24)17-12-21-19-5-3-4-10-23(17)19/h3-12H,1-2H3,(H,22,24). The zero-order valence-corrected chi connectivity index (χ0v) is 14.0. The molecule has 0 saturated heterocycles. The van der Waals surface area contributed by atoms with Crippen LogP contribution in [0.25, 0.3) is 17.0 Å². The van der Waals surface area contributed by atoms with Crippen LogP contribution in [0, 0.1) is 13.8 Å². The Kier molecular flexibility index (Phi) is 3.61. The van der Waals surface area contributed by atoms with Gasteiger partial charge in [-0.05, 0) is 49.7 Å². The zero-order chi connectivity index (χ0) is 17.4. The van der Waals surface area contributed by atoms with Crippen LogP contribution in [0.15, 0.2) is 65.3 Å². The minimum Gasteiger partial charge on any atom is -0.461 e. The number of anilines is 1. The first-order chi connectivity index (χ1) is 12.1. The van der Waals surface area contributed by atoms with Crippen LogP contribution >= 0.6 is 0 Å². The van der Waals surface area contributed by atoms with Crippen LogP contribution in [0.3, 0.4) is 0 Å². The average Bonchev–Trinajstić information content (AvgIpc) is 3.23. The highest BCUT2D eigenvalue weighted by Gasteiger charge is 2.14. The third kappa shape index (κ3) is 2.80. The maximum absolute atomic E-state index is 12.7. The molecule has 0 aliphatic carbocycles. The quantitative estimate of drug-likeness (QED) is 0.603. The van der Waals surface area contributed by atoms with Crippen LogP contribution in [-0.2, 0) is 0 Å². The van der Waals surface area contributed by atoms with Gasteiger partial charge in [0.25, 0.3) is 5.91 Å². The van der Waals surface area contributed by atoms with E-state index >= 15 is 0 Å². The maximum atomic E-state index is 12.7. The van der Waals surface area contributed by atoms with E-state index in [-0.39, 0.29) is 5.91 Å². The third-order valence-corrected chi connectivity index (χ3v) is 4.16. The average molecular weight is 331 g/mol. The highest BCUT2D eigenvalue weighted by molar-refractivity contribution is 6.04. The number of aromatic nitrogens is 2. The van der Waals surface area contributed by atoms with Crippen molar-refractivity contribution in [1.29, 1.82) is 0 Å². The number of fused-ring (bicyclic) bond motifs is 1. The number of nitrogens with one attached hydrogen (secondary N) is 1. The fourth-order valence-electron chi connectivity index (χ4n) is 2.79. The summed E-state index contributed by atoms with van der Waals surface area (Å²) in [6, 6.07) is 15.4. The molecular formula is C20H17N3O2. The van der Waals surface area contributed by atoms with Crippen LogP contribution in [0.4, 0.5) is 5.69 Å². The second-order valence-electron chi connectivity index (χ2n) is 5.97. The lowest BCUT2D eigenvalue weighted by Gasteiger charge is -2.10. The number of pyridine rings is 1. The molecule has 0 fully saturated rings. The van der Waals surface area contributed by atoms with Crippen molar-refractivity contribution in [3.63, 3.8) is 0 Å². The minimum atomic E-state index is -0.199. The van der Waals surface area contributed by atoms with Gasteiger partial charge in [0.15, 0.2) is 0 Å². The van der Waals surface area contributed by atoms with Crippen molar-refractivity contribution < 1.29 is 9.21 Å². The molecule has 124 valence electrons. The van der Waals surface area contributed by atoms with E-state index in [0.29, 0.717) is 5.69 Å². The molecule has 5 nitrogen and oxygen atoms in total. The number of benzene rings is 1. The number of aryl methyl sites for hydroxylation is 2. The number of amides is 1. The zero-order valence-electron chi connectivity index (χ0n) is 14.0. The summed E-state index contributed by atoms with van der Waals surface area (Å²) in [5.74, 6) is 1.43. The summed E-state index contributed by atoms with van der Waals surface area (Å²) >= 11 is 0. The van der Waals surface area contributed by atoms with E-state index in [1.54, 1.807) is 10.6 Å². The van der Waals surface area contributed by atoms with Crippen LogP contribution in [0.5, 0.6) is 0 Å².